The molecular formula is C16H24N6O. The zero-order valence-electron chi connectivity index (χ0n) is 14.1. The molecule has 1 saturated heterocycles. The van der Waals surface area contributed by atoms with Crippen molar-refractivity contribution in [3.8, 4) is 0 Å². The molecule has 3 rings (SSSR count). The molecule has 0 atom stereocenters. The number of aryl methyl sites for hydroxylation is 1. The summed E-state index contributed by atoms with van der Waals surface area (Å²) in [6, 6.07) is 0. The first-order chi connectivity index (χ1) is 11.1. The average molecular weight is 316 g/mol. The van der Waals surface area contributed by atoms with Crippen molar-refractivity contribution >= 4 is 22.8 Å². The van der Waals surface area contributed by atoms with E-state index >= 15 is 0 Å². The lowest BCUT2D eigenvalue weighted by atomic mass is 10.1. The maximum absolute atomic E-state index is 12.2. The monoisotopic (exact) mass is 316 g/mol. The zero-order chi connectivity index (χ0) is 16.4. The summed E-state index contributed by atoms with van der Waals surface area (Å²) < 4.78 is 1.76. The van der Waals surface area contributed by atoms with Gasteiger partial charge < -0.3 is 9.80 Å². The second-order valence-corrected chi connectivity index (χ2v) is 6.50. The highest BCUT2D eigenvalue weighted by molar-refractivity contribution is 5.86. The number of aromatic nitrogens is 4. The van der Waals surface area contributed by atoms with E-state index in [0.717, 1.165) is 49.5 Å². The molecule has 0 saturated carbocycles. The molecule has 2 aromatic heterocycles. The van der Waals surface area contributed by atoms with Crippen molar-refractivity contribution in [3.05, 3.63) is 12.5 Å². The molecule has 3 heterocycles. The summed E-state index contributed by atoms with van der Waals surface area (Å²) in [5.41, 5.74) is 0.838. The van der Waals surface area contributed by atoms with E-state index in [9.17, 15) is 4.79 Å². The molecule has 124 valence electrons. The van der Waals surface area contributed by atoms with Crippen LogP contribution in [0.2, 0.25) is 0 Å². The number of carbonyl (C=O) groups is 1. The topological polar surface area (TPSA) is 67.2 Å². The number of hydrogen-bond acceptors (Lipinski definition) is 5. The molecule has 1 fully saturated rings. The number of hydrogen-bond donors (Lipinski definition) is 0. The van der Waals surface area contributed by atoms with Crippen molar-refractivity contribution in [2.75, 3.05) is 31.1 Å². The zero-order valence-corrected chi connectivity index (χ0v) is 14.1. The molecular weight excluding hydrogens is 292 g/mol. The van der Waals surface area contributed by atoms with Crippen LogP contribution >= 0.6 is 0 Å². The van der Waals surface area contributed by atoms with Gasteiger partial charge in [0.15, 0.2) is 5.65 Å². The summed E-state index contributed by atoms with van der Waals surface area (Å²) in [4.78, 5) is 25.1. The quantitative estimate of drug-likeness (QED) is 0.854. The number of carbonyl (C=O) groups excluding carboxylic acids is 1. The maximum atomic E-state index is 12.2. The van der Waals surface area contributed by atoms with E-state index in [1.165, 1.54) is 0 Å². The van der Waals surface area contributed by atoms with Crippen LogP contribution < -0.4 is 4.90 Å². The summed E-state index contributed by atoms with van der Waals surface area (Å²) in [5, 5.41) is 5.23. The van der Waals surface area contributed by atoms with Crippen LogP contribution in [0.15, 0.2) is 12.5 Å². The Morgan fingerprint density at radius 1 is 1.22 bits per heavy atom. The molecule has 1 aliphatic heterocycles. The Morgan fingerprint density at radius 3 is 2.65 bits per heavy atom. The molecule has 2 aromatic rings. The average Bonchev–Trinajstić information content (AvgIpc) is 2.94. The third-order valence-corrected chi connectivity index (χ3v) is 4.38. The van der Waals surface area contributed by atoms with Crippen LogP contribution in [0.1, 0.15) is 26.7 Å². The standard InChI is InChI=1S/C16H24N6O/c1-12(2)4-5-14(23)21-6-8-22(9-7-21)16-13-10-19-20(3)15(13)17-11-18-16/h10-12H,4-9H2,1-3H3. The van der Waals surface area contributed by atoms with Gasteiger partial charge in [0.1, 0.15) is 12.1 Å². The Bertz CT molecular complexity index is 687. The Kier molecular flexibility index (Phi) is 4.45. The SMILES string of the molecule is CC(C)CCC(=O)N1CCN(c2ncnc3c2cnn3C)CC1. The molecule has 0 radical (unpaired) electrons. The Balaban J connectivity index is 1.65. The van der Waals surface area contributed by atoms with Crippen LogP contribution in [0.5, 0.6) is 0 Å². The van der Waals surface area contributed by atoms with E-state index in [4.69, 9.17) is 0 Å². The summed E-state index contributed by atoms with van der Waals surface area (Å²) in [6.07, 6.45) is 5.00. The number of piperazine rings is 1. The third-order valence-electron chi connectivity index (χ3n) is 4.38. The van der Waals surface area contributed by atoms with Gasteiger partial charge >= 0.3 is 0 Å². The van der Waals surface area contributed by atoms with Gasteiger partial charge in [0.25, 0.3) is 0 Å². The summed E-state index contributed by atoms with van der Waals surface area (Å²) in [6.45, 7) is 7.41. The fourth-order valence-electron chi connectivity index (χ4n) is 2.94. The fourth-order valence-corrected chi connectivity index (χ4v) is 2.94. The smallest absolute Gasteiger partial charge is 0.222 e. The molecule has 0 unspecified atom stereocenters. The highest BCUT2D eigenvalue weighted by Gasteiger charge is 2.23. The van der Waals surface area contributed by atoms with Crippen LogP contribution in [0, 0.1) is 5.92 Å². The number of amides is 1. The summed E-state index contributed by atoms with van der Waals surface area (Å²) in [5.74, 6) is 1.75. The van der Waals surface area contributed by atoms with Gasteiger partial charge in [0.05, 0.1) is 11.6 Å². The summed E-state index contributed by atoms with van der Waals surface area (Å²) >= 11 is 0. The van der Waals surface area contributed by atoms with Gasteiger partial charge in [-0.05, 0) is 12.3 Å². The van der Waals surface area contributed by atoms with Gasteiger partial charge in [-0.25, -0.2) is 9.97 Å². The van der Waals surface area contributed by atoms with Crippen LogP contribution in [0.25, 0.3) is 11.0 Å². The van der Waals surface area contributed by atoms with Crippen LogP contribution in [-0.2, 0) is 11.8 Å². The lowest BCUT2D eigenvalue weighted by molar-refractivity contribution is -0.131. The lowest BCUT2D eigenvalue weighted by Crippen LogP contribution is -2.49. The number of rotatable bonds is 4. The van der Waals surface area contributed by atoms with E-state index in [1.807, 2.05) is 18.1 Å². The molecule has 1 aliphatic rings. The van der Waals surface area contributed by atoms with Crippen molar-refractivity contribution in [2.45, 2.75) is 26.7 Å². The van der Waals surface area contributed by atoms with Gasteiger partial charge in [-0.2, -0.15) is 5.10 Å². The van der Waals surface area contributed by atoms with Crippen molar-refractivity contribution in [3.63, 3.8) is 0 Å². The van der Waals surface area contributed by atoms with Gasteiger partial charge in [0, 0.05) is 39.6 Å². The second kappa shape index (κ2) is 6.52. The number of nitrogens with zero attached hydrogens (tertiary/aromatic N) is 6. The van der Waals surface area contributed by atoms with Crippen molar-refractivity contribution in [2.24, 2.45) is 13.0 Å². The van der Waals surface area contributed by atoms with Crippen molar-refractivity contribution < 1.29 is 4.79 Å². The minimum absolute atomic E-state index is 0.271. The predicted octanol–water partition coefficient (Wildman–Crippen LogP) is 1.45. The summed E-state index contributed by atoms with van der Waals surface area (Å²) in [7, 11) is 1.88. The largest absolute Gasteiger partial charge is 0.352 e. The van der Waals surface area contributed by atoms with E-state index in [1.54, 1.807) is 11.0 Å². The number of anilines is 1. The normalized spacial score (nSPS) is 15.7. The first-order valence-corrected chi connectivity index (χ1v) is 8.21. The highest BCUT2D eigenvalue weighted by Crippen LogP contribution is 2.23. The van der Waals surface area contributed by atoms with Crippen LogP contribution in [0.4, 0.5) is 5.82 Å². The molecule has 7 heteroatoms. The Hall–Kier alpha value is -2.18. The molecule has 0 N–H and O–H groups in total. The highest BCUT2D eigenvalue weighted by atomic mass is 16.2. The molecule has 0 aliphatic carbocycles. The molecule has 23 heavy (non-hydrogen) atoms. The van der Waals surface area contributed by atoms with E-state index in [-0.39, 0.29) is 5.91 Å². The maximum Gasteiger partial charge on any atom is 0.222 e. The fraction of sp³-hybridized carbons (Fsp3) is 0.625. The molecule has 0 spiro atoms. The Morgan fingerprint density at radius 2 is 1.96 bits per heavy atom. The van der Waals surface area contributed by atoms with Gasteiger partial charge in [-0.1, -0.05) is 13.8 Å². The van der Waals surface area contributed by atoms with E-state index in [2.05, 4.69) is 33.8 Å². The van der Waals surface area contributed by atoms with E-state index in [0.29, 0.717) is 12.3 Å². The third kappa shape index (κ3) is 3.28. The first-order valence-electron chi connectivity index (χ1n) is 8.21. The molecule has 7 nitrogen and oxygen atoms in total. The molecule has 0 bridgehead atoms. The predicted molar refractivity (Wildman–Crippen MR) is 89.2 cm³/mol. The van der Waals surface area contributed by atoms with Gasteiger partial charge in [-0.3, -0.25) is 9.48 Å². The second-order valence-electron chi connectivity index (χ2n) is 6.50. The van der Waals surface area contributed by atoms with Gasteiger partial charge in [-0.15, -0.1) is 0 Å². The minimum atomic E-state index is 0.271. The van der Waals surface area contributed by atoms with Gasteiger partial charge in [0.2, 0.25) is 5.91 Å². The van der Waals surface area contributed by atoms with Crippen LogP contribution in [0.3, 0.4) is 0 Å². The Labute approximate surface area is 136 Å². The first kappa shape index (κ1) is 15.7. The van der Waals surface area contributed by atoms with E-state index < -0.39 is 0 Å². The van der Waals surface area contributed by atoms with Crippen molar-refractivity contribution in [1.82, 2.24) is 24.6 Å². The van der Waals surface area contributed by atoms with Crippen molar-refractivity contribution in [1.29, 1.82) is 0 Å². The van der Waals surface area contributed by atoms with Crippen LogP contribution in [-0.4, -0.2) is 56.7 Å². The lowest BCUT2D eigenvalue weighted by Gasteiger charge is -2.35. The molecule has 0 aromatic carbocycles. The minimum Gasteiger partial charge on any atom is -0.352 e. The molecule has 1 amide bonds. The number of fused-ring (bicyclic) bond motifs is 1.